The van der Waals surface area contributed by atoms with Gasteiger partial charge in [0.05, 0.1) is 0 Å². The maximum atomic E-state index is 5.90. The molecular weight excluding hydrogens is 275 g/mol. The first-order valence-electron chi connectivity index (χ1n) is 5.55. The van der Waals surface area contributed by atoms with E-state index in [1.807, 2.05) is 0 Å². The second kappa shape index (κ2) is 7.04. The molecule has 0 bridgehead atoms. The Balaban J connectivity index is 2.56. The summed E-state index contributed by atoms with van der Waals surface area (Å²) in [7, 11) is 0. The van der Waals surface area contributed by atoms with E-state index >= 15 is 0 Å². The normalized spacial score (nSPS) is 12.0. The molecule has 1 aromatic carbocycles. The van der Waals surface area contributed by atoms with Crippen molar-refractivity contribution < 1.29 is 0 Å². The van der Waals surface area contributed by atoms with Gasteiger partial charge in [-0.1, -0.05) is 36.5 Å². The smallest absolute Gasteiger partial charge is 0.170 e. The highest BCUT2D eigenvalue weighted by molar-refractivity contribution is 7.80. The minimum absolute atomic E-state index is 0.356. The maximum absolute atomic E-state index is 5.90. The molecule has 0 aliphatic carbocycles. The van der Waals surface area contributed by atoms with Crippen molar-refractivity contribution in [3.63, 3.8) is 0 Å². The van der Waals surface area contributed by atoms with Crippen molar-refractivity contribution in [2.24, 2.45) is 0 Å². The minimum Gasteiger partial charge on any atom is -0.360 e. The number of rotatable bonds is 4. The van der Waals surface area contributed by atoms with E-state index in [0.717, 1.165) is 18.5 Å². The van der Waals surface area contributed by atoms with Gasteiger partial charge in [0.2, 0.25) is 0 Å². The van der Waals surface area contributed by atoms with E-state index in [0.29, 0.717) is 21.2 Å². The molecule has 5 heteroatoms. The largest absolute Gasteiger partial charge is 0.360 e. The van der Waals surface area contributed by atoms with Crippen LogP contribution in [0, 0.1) is 0 Å². The fourth-order valence-corrected chi connectivity index (χ4v) is 2.37. The number of benzene rings is 1. The van der Waals surface area contributed by atoms with Crippen LogP contribution in [0.2, 0.25) is 10.0 Å². The minimum atomic E-state index is 0.356. The number of hydrogen-bond acceptors (Lipinski definition) is 1. The SMILES string of the molecule is CCC[C@@H](C)NC(=S)Nc1cc(Cl)cc(Cl)c1. The highest BCUT2D eigenvalue weighted by atomic mass is 35.5. The number of hydrogen-bond donors (Lipinski definition) is 2. The van der Waals surface area contributed by atoms with Gasteiger partial charge in [-0.2, -0.15) is 0 Å². The average Bonchev–Trinajstić information content (AvgIpc) is 2.14. The Morgan fingerprint density at radius 1 is 1.29 bits per heavy atom. The van der Waals surface area contributed by atoms with Crippen molar-refractivity contribution in [3.05, 3.63) is 28.2 Å². The first-order valence-corrected chi connectivity index (χ1v) is 6.71. The quantitative estimate of drug-likeness (QED) is 0.800. The summed E-state index contributed by atoms with van der Waals surface area (Å²) < 4.78 is 0. The van der Waals surface area contributed by atoms with Crippen LogP contribution in [-0.2, 0) is 0 Å². The third kappa shape index (κ3) is 5.57. The molecule has 2 N–H and O–H groups in total. The predicted molar refractivity (Wildman–Crippen MR) is 80.2 cm³/mol. The lowest BCUT2D eigenvalue weighted by Crippen LogP contribution is -2.35. The summed E-state index contributed by atoms with van der Waals surface area (Å²) in [4.78, 5) is 0. The topological polar surface area (TPSA) is 24.1 Å². The number of anilines is 1. The summed E-state index contributed by atoms with van der Waals surface area (Å²) in [5, 5.41) is 8.03. The van der Waals surface area contributed by atoms with E-state index in [-0.39, 0.29) is 0 Å². The zero-order valence-corrected chi connectivity index (χ0v) is 12.2. The molecule has 0 fully saturated rings. The Morgan fingerprint density at radius 2 is 1.88 bits per heavy atom. The van der Waals surface area contributed by atoms with Crippen LogP contribution in [0.5, 0.6) is 0 Å². The molecular formula is C12H16Cl2N2S. The van der Waals surface area contributed by atoms with Crippen LogP contribution < -0.4 is 10.6 Å². The molecule has 0 aromatic heterocycles. The van der Waals surface area contributed by atoms with Crippen LogP contribution in [0.3, 0.4) is 0 Å². The Morgan fingerprint density at radius 3 is 2.41 bits per heavy atom. The fourth-order valence-electron chi connectivity index (χ4n) is 1.52. The Labute approximate surface area is 118 Å². The van der Waals surface area contributed by atoms with Crippen LogP contribution in [0.1, 0.15) is 26.7 Å². The molecule has 2 nitrogen and oxygen atoms in total. The van der Waals surface area contributed by atoms with E-state index < -0.39 is 0 Å². The van der Waals surface area contributed by atoms with Gasteiger partial charge in [-0.05, 0) is 43.8 Å². The predicted octanol–water partition coefficient (Wildman–Crippen LogP) is 4.47. The van der Waals surface area contributed by atoms with Gasteiger partial charge in [0.15, 0.2) is 5.11 Å². The van der Waals surface area contributed by atoms with E-state index in [4.69, 9.17) is 35.4 Å². The van der Waals surface area contributed by atoms with Gasteiger partial charge in [0.1, 0.15) is 0 Å². The average molecular weight is 291 g/mol. The van der Waals surface area contributed by atoms with Gasteiger partial charge < -0.3 is 10.6 Å². The first-order chi connectivity index (χ1) is 8.01. The number of halogens is 2. The summed E-state index contributed by atoms with van der Waals surface area (Å²) in [5.41, 5.74) is 0.795. The van der Waals surface area contributed by atoms with Crippen molar-refractivity contribution in [2.75, 3.05) is 5.32 Å². The Kier molecular flexibility index (Phi) is 6.03. The molecule has 0 unspecified atom stereocenters. The van der Waals surface area contributed by atoms with Crippen molar-refractivity contribution in [2.45, 2.75) is 32.7 Å². The fraction of sp³-hybridized carbons (Fsp3) is 0.417. The van der Waals surface area contributed by atoms with Gasteiger partial charge in [0.25, 0.3) is 0 Å². The molecule has 0 amide bonds. The van der Waals surface area contributed by atoms with E-state index in [2.05, 4.69) is 24.5 Å². The highest BCUT2D eigenvalue weighted by Crippen LogP contribution is 2.22. The van der Waals surface area contributed by atoms with Crippen LogP contribution >= 0.6 is 35.4 Å². The van der Waals surface area contributed by atoms with Crippen LogP contribution in [-0.4, -0.2) is 11.2 Å². The molecule has 94 valence electrons. The van der Waals surface area contributed by atoms with Crippen LogP contribution in [0.15, 0.2) is 18.2 Å². The van der Waals surface area contributed by atoms with Gasteiger partial charge >= 0.3 is 0 Å². The van der Waals surface area contributed by atoms with Gasteiger partial charge in [-0.3, -0.25) is 0 Å². The molecule has 0 saturated heterocycles. The number of nitrogens with one attached hydrogen (secondary N) is 2. The van der Waals surface area contributed by atoms with Crippen molar-refractivity contribution in [1.82, 2.24) is 5.32 Å². The lowest BCUT2D eigenvalue weighted by Gasteiger charge is -2.16. The standard InChI is InChI=1S/C12H16Cl2N2S/c1-3-4-8(2)15-12(17)16-11-6-9(13)5-10(14)7-11/h5-8H,3-4H2,1-2H3,(H2,15,16,17)/t8-/m1/s1. The summed E-state index contributed by atoms with van der Waals surface area (Å²) >= 11 is 17.0. The molecule has 1 aromatic rings. The number of thiocarbonyl (C=S) groups is 1. The lowest BCUT2D eigenvalue weighted by atomic mass is 10.2. The summed E-state index contributed by atoms with van der Waals surface area (Å²) in [6, 6.07) is 5.61. The Hall–Kier alpha value is -0.510. The lowest BCUT2D eigenvalue weighted by molar-refractivity contribution is 0.599. The maximum Gasteiger partial charge on any atom is 0.170 e. The zero-order chi connectivity index (χ0) is 12.8. The Bertz CT molecular complexity index is 376. The molecule has 0 aliphatic rings. The van der Waals surface area contributed by atoms with E-state index in [9.17, 15) is 0 Å². The van der Waals surface area contributed by atoms with Gasteiger partial charge in [-0.15, -0.1) is 0 Å². The third-order valence-corrected chi connectivity index (χ3v) is 2.88. The molecule has 0 spiro atoms. The molecule has 1 atom stereocenters. The molecule has 0 radical (unpaired) electrons. The van der Waals surface area contributed by atoms with Crippen molar-refractivity contribution >= 4 is 46.2 Å². The van der Waals surface area contributed by atoms with Gasteiger partial charge in [-0.25, -0.2) is 0 Å². The van der Waals surface area contributed by atoms with Crippen molar-refractivity contribution in [1.29, 1.82) is 0 Å². The summed E-state index contributed by atoms with van der Waals surface area (Å²) in [6.45, 7) is 4.24. The first kappa shape index (κ1) is 14.6. The summed E-state index contributed by atoms with van der Waals surface area (Å²) in [6.07, 6.45) is 2.21. The molecule has 1 rings (SSSR count). The second-order valence-corrected chi connectivity index (χ2v) is 5.23. The molecule has 0 saturated carbocycles. The van der Waals surface area contributed by atoms with E-state index in [1.165, 1.54) is 0 Å². The molecule has 0 heterocycles. The van der Waals surface area contributed by atoms with Crippen LogP contribution in [0.25, 0.3) is 0 Å². The zero-order valence-electron chi connectivity index (χ0n) is 9.89. The molecule has 17 heavy (non-hydrogen) atoms. The summed E-state index contributed by atoms with van der Waals surface area (Å²) in [5.74, 6) is 0. The van der Waals surface area contributed by atoms with Crippen LogP contribution in [0.4, 0.5) is 5.69 Å². The third-order valence-electron chi connectivity index (χ3n) is 2.22. The van der Waals surface area contributed by atoms with Gasteiger partial charge in [0, 0.05) is 21.8 Å². The highest BCUT2D eigenvalue weighted by Gasteiger charge is 2.04. The van der Waals surface area contributed by atoms with E-state index in [1.54, 1.807) is 18.2 Å². The van der Waals surface area contributed by atoms with Crippen molar-refractivity contribution in [3.8, 4) is 0 Å². The molecule has 0 aliphatic heterocycles. The monoisotopic (exact) mass is 290 g/mol. The second-order valence-electron chi connectivity index (χ2n) is 3.95.